The van der Waals surface area contributed by atoms with Crippen LogP contribution in [0, 0.1) is 0 Å². The molecule has 0 rings (SSSR count). The molecule has 0 aliphatic rings. The van der Waals surface area contributed by atoms with Gasteiger partial charge in [0.05, 0.1) is 0 Å². The van der Waals surface area contributed by atoms with Gasteiger partial charge in [-0.2, -0.15) is 0 Å². The minimum atomic E-state index is -1.28. The molecular formula is C6H11Cl3O2Si. The quantitative estimate of drug-likeness (QED) is 0.423. The van der Waals surface area contributed by atoms with Crippen LogP contribution in [0.15, 0.2) is 0 Å². The summed E-state index contributed by atoms with van der Waals surface area (Å²) in [7, 11) is -0.00182. The average Bonchev–Trinajstić information content (AvgIpc) is 1.84. The summed E-state index contributed by atoms with van der Waals surface area (Å²) in [6.07, 6.45) is 0. The average molecular weight is 250 g/mol. The smallest absolute Gasteiger partial charge is 0.185 e. The maximum atomic E-state index is 5.58. The minimum Gasteiger partial charge on any atom is -0.357 e. The zero-order chi connectivity index (χ0) is 9.61. The fourth-order valence-corrected chi connectivity index (χ4v) is 2.14. The first-order chi connectivity index (χ1) is 5.49. The topological polar surface area (TPSA) is 18.5 Å². The van der Waals surface area contributed by atoms with E-state index in [1.54, 1.807) is 0 Å². The number of ether oxygens (including phenoxy) is 2. The van der Waals surface area contributed by atoms with E-state index in [0.29, 0.717) is 13.2 Å². The van der Waals surface area contributed by atoms with Crippen molar-refractivity contribution < 1.29 is 9.47 Å². The van der Waals surface area contributed by atoms with Crippen LogP contribution in [-0.4, -0.2) is 32.1 Å². The van der Waals surface area contributed by atoms with Crippen molar-refractivity contribution in [2.45, 2.75) is 23.2 Å². The van der Waals surface area contributed by atoms with E-state index in [2.05, 4.69) is 0 Å². The number of hydrogen-bond donors (Lipinski definition) is 0. The summed E-state index contributed by atoms with van der Waals surface area (Å²) in [4.78, 5) is 0. The molecule has 0 aromatic carbocycles. The second-order valence-corrected chi connectivity index (χ2v) is 6.63. The highest BCUT2D eigenvalue weighted by atomic mass is 35.6. The lowest BCUT2D eigenvalue weighted by Crippen LogP contribution is -2.33. The lowest BCUT2D eigenvalue weighted by molar-refractivity contribution is -0.0827. The molecule has 0 N–H and O–H groups in total. The Kier molecular flexibility index (Phi) is 7.00. The second kappa shape index (κ2) is 6.46. The highest BCUT2D eigenvalue weighted by molar-refractivity contribution is 6.87. The van der Waals surface area contributed by atoms with Crippen LogP contribution in [0.1, 0.15) is 13.8 Å². The molecule has 0 saturated heterocycles. The van der Waals surface area contributed by atoms with Crippen molar-refractivity contribution in [3.63, 3.8) is 0 Å². The number of halogens is 3. The Morgan fingerprint density at radius 3 is 1.83 bits per heavy atom. The molecule has 0 aromatic heterocycles. The van der Waals surface area contributed by atoms with Crippen molar-refractivity contribution in [2.24, 2.45) is 0 Å². The van der Waals surface area contributed by atoms with Crippen molar-refractivity contribution in [1.82, 2.24) is 0 Å². The normalized spacial score (nSPS) is 12.5. The third-order valence-corrected chi connectivity index (χ3v) is 2.80. The van der Waals surface area contributed by atoms with Gasteiger partial charge in [0, 0.05) is 13.2 Å². The van der Waals surface area contributed by atoms with Crippen molar-refractivity contribution in [3.05, 3.63) is 0 Å². The predicted molar refractivity (Wildman–Crippen MR) is 53.1 cm³/mol. The maximum Gasteiger partial charge on any atom is 0.185 e. The molecule has 0 heterocycles. The summed E-state index contributed by atoms with van der Waals surface area (Å²) in [6, 6.07) is 0. The SMILES string of the molecule is CCOC(OCC)[Si]C(Cl)(Cl)Cl. The van der Waals surface area contributed by atoms with Crippen LogP contribution in [0.3, 0.4) is 0 Å². The Labute approximate surface area is 90.3 Å². The fourth-order valence-electron chi connectivity index (χ4n) is 0.568. The van der Waals surface area contributed by atoms with Gasteiger partial charge >= 0.3 is 0 Å². The molecule has 2 radical (unpaired) electrons. The molecule has 72 valence electrons. The largest absolute Gasteiger partial charge is 0.357 e. The van der Waals surface area contributed by atoms with Gasteiger partial charge in [0.15, 0.2) is 12.9 Å². The summed E-state index contributed by atoms with van der Waals surface area (Å²) >= 11 is 16.7. The Bertz CT molecular complexity index is 112. The van der Waals surface area contributed by atoms with Gasteiger partial charge in [-0.15, -0.1) is 0 Å². The molecule has 12 heavy (non-hydrogen) atoms. The maximum absolute atomic E-state index is 5.58. The molecule has 0 aliphatic carbocycles. The molecule has 0 aliphatic heterocycles. The Balaban J connectivity index is 3.77. The van der Waals surface area contributed by atoms with Crippen LogP contribution in [0.25, 0.3) is 0 Å². The Morgan fingerprint density at radius 1 is 1.17 bits per heavy atom. The molecular weight excluding hydrogens is 239 g/mol. The van der Waals surface area contributed by atoms with Gasteiger partial charge in [-0.05, 0) is 13.8 Å². The van der Waals surface area contributed by atoms with Crippen molar-refractivity contribution >= 4 is 44.3 Å². The van der Waals surface area contributed by atoms with E-state index in [1.165, 1.54) is 0 Å². The first kappa shape index (κ1) is 13.0. The zero-order valence-corrected chi connectivity index (χ0v) is 10.2. The number of alkyl halides is 3. The van der Waals surface area contributed by atoms with Crippen LogP contribution >= 0.6 is 34.8 Å². The van der Waals surface area contributed by atoms with Gasteiger partial charge in [0.2, 0.25) is 0 Å². The van der Waals surface area contributed by atoms with Crippen LogP contribution in [0.5, 0.6) is 0 Å². The summed E-state index contributed by atoms with van der Waals surface area (Å²) in [5.41, 5.74) is 0. The molecule has 0 atom stereocenters. The van der Waals surface area contributed by atoms with Crippen molar-refractivity contribution in [3.8, 4) is 0 Å². The van der Waals surface area contributed by atoms with E-state index in [9.17, 15) is 0 Å². The molecule has 0 fully saturated rings. The van der Waals surface area contributed by atoms with E-state index >= 15 is 0 Å². The van der Waals surface area contributed by atoms with E-state index in [4.69, 9.17) is 44.3 Å². The first-order valence-corrected chi connectivity index (χ1v) is 5.78. The summed E-state index contributed by atoms with van der Waals surface area (Å²) < 4.78 is 9.11. The van der Waals surface area contributed by atoms with Gasteiger partial charge in [0.25, 0.3) is 0 Å². The third kappa shape index (κ3) is 7.65. The van der Waals surface area contributed by atoms with Gasteiger partial charge in [-0.25, -0.2) is 0 Å². The zero-order valence-electron chi connectivity index (χ0n) is 6.94. The minimum absolute atomic E-state index is 0.00182. The molecule has 0 aromatic rings. The van der Waals surface area contributed by atoms with Crippen LogP contribution in [0.4, 0.5) is 0 Å². The molecule has 0 saturated carbocycles. The van der Waals surface area contributed by atoms with Crippen molar-refractivity contribution in [1.29, 1.82) is 0 Å². The molecule has 2 nitrogen and oxygen atoms in total. The Morgan fingerprint density at radius 2 is 1.58 bits per heavy atom. The second-order valence-electron chi connectivity index (χ2n) is 1.88. The Hall–Kier alpha value is 1.01. The third-order valence-electron chi connectivity index (χ3n) is 0.918. The lowest BCUT2D eigenvalue weighted by Gasteiger charge is -2.19. The van der Waals surface area contributed by atoms with Gasteiger partial charge in [-0.1, -0.05) is 34.8 Å². The first-order valence-electron chi connectivity index (χ1n) is 3.57. The lowest BCUT2D eigenvalue weighted by atomic mass is 10.9. The standard InChI is InChI=1S/C6H11Cl3O2Si/c1-3-10-5(11-4-2)12-6(7,8)9/h5H,3-4H2,1-2H3. The van der Waals surface area contributed by atoms with Crippen LogP contribution in [-0.2, 0) is 9.47 Å². The van der Waals surface area contributed by atoms with Crippen LogP contribution in [0.2, 0.25) is 0 Å². The molecule has 0 amide bonds. The van der Waals surface area contributed by atoms with Gasteiger partial charge in [0.1, 0.15) is 5.91 Å². The fraction of sp³-hybridized carbons (Fsp3) is 1.00. The highest BCUT2D eigenvalue weighted by Gasteiger charge is 2.27. The molecule has 0 unspecified atom stereocenters. The summed E-state index contributed by atoms with van der Waals surface area (Å²) in [5, 5.41) is 0. The van der Waals surface area contributed by atoms with E-state index < -0.39 is 9.33 Å². The molecule has 0 spiro atoms. The van der Waals surface area contributed by atoms with Crippen LogP contribution < -0.4 is 0 Å². The summed E-state index contributed by atoms with van der Waals surface area (Å²) in [6.45, 7) is 4.85. The molecule has 0 bridgehead atoms. The van der Waals surface area contributed by atoms with E-state index in [1.807, 2.05) is 13.8 Å². The van der Waals surface area contributed by atoms with Crippen molar-refractivity contribution in [2.75, 3.05) is 13.2 Å². The van der Waals surface area contributed by atoms with E-state index in [-0.39, 0.29) is 9.52 Å². The summed E-state index contributed by atoms with van der Waals surface area (Å²) in [5.74, 6) is -0.396. The van der Waals surface area contributed by atoms with Gasteiger partial charge < -0.3 is 9.47 Å². The highest BCUT2D eigenvalue weighted by Crippen LogP contribution is 2.25. The molecule has 6 heteroatoms. The van der Waals surface area contributed by atoms with Gasteiger partial charge in [-0.3, -0.25) is 0 Å². The monoisotopic (exact) mass is 248 g/mol. The number of rotatable bonds is 5. The predicted octanol–water partition coefficient (Wildman–Crippen LogP) is 2.37. The van der Waals surface area contributed by atoms with E-state index in [0.717, 1.165) is 0 Å². The number of hydrogen-bond acceptors (Lipinski definition) is 2.